The lowest BCUT2D eigenvalue weighted by Crippen LogP contribution is -2.54. The molecule has 8 heteroatoms. The summed E-state index contributed by atoms with van der Waals surface area (Å²) in [7, 11) is 0. The molecule has 0 aromatic heterocycles. The molecule has 1 fully saturated rings. The van der Waals surface area contributed by atoms with Gasteiger partial charge >= 0.3 is 0 Å². The largest absolute Gasteiger partial charge is 0.507 e. The Kier molecular flexibility index (Phi) is 5.43. The van der Waals surface area contributed by atoms with E-state index in [1.54, 1.807) is 24.3 Å². The fourth-order valence-electron chi connectivity index (χ4n) is 2.55. The minimum absolute atomic E-state index is 0.0263. The Labute approximate surface area is 166 Å². The SMILES string of the molecule is CCOc1ccc(N2C(=O)C(=Cc3cc(Cl)ccc3O)C(=O)NC2=S)cc1. The summed E-state index contributed by atoms with van der Waals surface area (Å²) in [4.78, 5) is 26.4. The number of halogens is 1. The first-order valence-electron chi connectivity index (χ1n) is 8.03. The first kappa shape index (κ1) is 18.9. The Balaban J connectivity index is 1.98. The zero-order chi connectivity index (χ0) is 19.6. The molecule has 0 unspecified atom stereocenters. The summed E-state index contributed by atoms with van der Waals surface area (Å²) in [6.45, 7) is 2.39. The average molecular weight is 403 g/mol. The molecule has 0 saturated carbocycles. The molecule has 1 aliphatic heterocycles. The number of benzene rings is 2. The molecule has 2 N–H and O–H groups in total. The molecule has 138 valence electrons. The van der Waals surface area contributed by atoms with Crippen molar-refractivity contribution in [2.24, 2.45) is 0 Å². The quantitative estimate of drug-likeness (QED) is 0.466. The van der Waals surface area contributed by atoms with Crippen molar-refractivity contribution < 1.29 is 19.4 Å². The summed E-state index contributed by atoms with van der Waals surface area (Å²) < 4.78 is 5.39. The van der Waals surface area contributed by atoms with Crippen LogP contribution in [-0.4, -0.2) is 28.6 Å². The van der Waals surface area contributed by atoms with Crippen LogP contribution in [-0.2, 0) is 9.59 Å². The van der Waals surface area contributed by atoms with E-state index in [-0.39, 0.29) is 22.0 Å². The average Bonchev–Trinajstić information content (AvgIpc) is 2.63. The number of carbonyl (C=O) groups excluding carboxylic acids is 2. The van der Waals surface area contributed by atoms with Crippen LogP contribution in [0.3, 0.4) is 0 Å². The Hall–Kier alpha value is -2.90. The van der Waals surface area contributed by atoms with Crippen molar-refractivity contribution >= 4 is 52.5 Å². The molecule has 0 bridgehead atoms. The molecule has 6 nitrogen and oxygen atoms in total. The molecule has 0 atom stereocenters. The van der Waals surface area contributed by atoms with E-state index in [4.69, 9.17) is 28.6 Å². The predicted molar refractivity (Wildman–Crippen MR) is 107 cm³/mol. The van der Waals surface area contributed by atoms with Gasteiger partial charge in [-0.1, -0.05) is 11.6 Å². The smallest absolute Gasteiger partial charge is 0.270 e. The number of carbonyl (C=O) groups is 2. The van der Waals surface area contributed by atoms with E-state index in [2.05, 4.69) is 5.32 Å². The van der Waals surface area contributed by atoms with E-state index in [1.807, 2.05) is 6.92 Å². The molecule has 27 heavy (non-hydrogen) atoms. The molecule has 0 aliphatic carbocycles. The van der Waals surface area contributed by atoms with Crippen molar-refractivity contribution in [1.29, 1.82) is 0 Å². The Bertz CT molecular complexity index is 957. The maximum absolute atomic E-state index is 12.9. The van der Waals surface area contributed by atoms with E-state index >= 15 is 0 Å². The number of hydrogen-bond acceptors (Lipinski definition) is 5. The number of amides is 2. The molecular formula is C19H15ClN2O4S. The lowest BCUT2D eigenvalue weighted by atomic mass is 10.1. The van der Waals surface area contributed by atoms with Crippen LogP contribution in [0.2, 0.25) is 5.02 Å². The molecule has 0 spiro atoms. The molecule has 1 saturated heterocycles. The van der Waals surface area contributed by atoms with Gasteiger partial charge in [0.2, 0.25) is 0 Å². The zero-order valence-corrected chi connectivity index (χ0v) is 15.8. The van der Waals surface area contributed by atoms with Crippen LogP contribution in [0, 0.1) is 0 Å². The fourth-order valence-corrected chi connectivity index (χ4v) is 3.01. The molecule has 1 aliphatic rings. The number of phenols is 1. The van der Waals surface area contributed by atoms with Crippen LogP contribution in [0.4, 0.5) is 5.69 Å². The second kappa shape index (κ2) is 7.77. The maximum atomic E-state index is 12.9. The molecule has 0 radical (unpaired) electrons. The van der Waals surface area contributed by atoms with Crippen molar-refractivity contribution in [2.75, 3.05) is 11.5 Å². The van der Waals surface area contributed by atoms with Crippen molar-refractivity contribution in [2.45, 2.75) is 6.92 Å². The number of hydrogen-bond donors (Lipinski definition) is 2. The zero-order valence-electron chi connectivity index (χ0n) is 14.2. The van der Waals surface area contributed by atoms with Gasteiger partial charge in [0.05, 0.1) is 12.3 Å². The van der Waals surface area contributed by atoms with Gasteiger partial charge in [-0.05, 0) is 67.7 Å². The lowest BCUT2D eigenvalue weighted by Gasteiger charge is -2.29. The number of anilines is 1. The number of thiocarbonyl (C=S) groups is 1. The summed E-state index contributed by atoms with van der Waals surface area (Å²) in [5, 5.41) is 12.8. The second-order valence-corrected chi connectivity index (χ2v) is 6.41. The third-order valence-corrected chi connectivity index (χ3v) is 4.32. The summed E-state index contributed by atoms with van der Waals surface area (Å²) >= 11 is 11.1. The van der Waals surface area contributed by atoms with Crippen molar-refractivity contribution in [1.82, 2.24) is 5.32 Å². The topological polar surface area (TPSA) is 78.9 Å². The van der Waals surface area contributed by atoms with Crippen LogP contribution >= 0.6 is 23.8 Å². The molecule has 2 amide bonds. The van der Waals surface area contributed by atoms with E-state index in [9.17, 15) is 14.7 Å². The van der Waals surface area contributed by atoms with Crippen molar-refractivity contribution in [3.05, 3.63) is 58.6 Å². The third-order valence-electron chi connectivity index (χ3n) is 3.80. The molecular weight excluding hydrogens is 388 g/mol. The summed E-state index contributed by atoms with van der Waals surface area (Å²) in [6.07, 6.45) is 1.28. The number of ether oxygens (including phenoxy) is 1. The Morgan fingerprint density at radius 1 is 1.22 bits per heavy atom. The normalized spacial score (nSPS) is 15.9. The van der Waals surface area contributed by atoms with Crippen LogP contribution in [0.15, 0.2) is 48.0 Å². The number of phenolic OH excluding ortho intramolecular Hbond substituents is 1. The molecule has 2 aromatic rings. The third kappa shape index (κ3) is 3.94. The summed E-state index contributed by atoms with van der Waals surface area (Å²) in [6, 6.07) is 11.1. The van der Waals surface area contributed by atoms with Gasteiger partial charge in [0.25, 0.3) is 11.8 Å². The monoisotopic (exact) mass is 402 g/mol. The van der Waals surface area contributed by atoms with E-state index in [0.717, 1.165) is 0 Å². The van der Waals surface area contributed by atoms with E-state index < -0.39 is 11.8 Å². The van der Waals surface area contributed by atoms with Gasteiger partial charge in [0.1, 0.15) is 17.1 Å². The summed E-state index contributed by atoms with van der Waals surface area (Å²) in [5.74, 6) is -0.701. The van der Waals surface area contributed by atoms with Crippen molar-refractivity contribution in [3.63, 3.8) is 0 Å². The minimum Gasteiger partial charge on any atom is -0.507 e. The minimum atomic E-state index is -0.647. The highest BCUT2D eigenvalue weighted by atomic mass is 35.5. The Morgan fingerprint density at radius 3 is 2.59 bits per heavy atom. The maximum Gasteiger partial charge on any atom is 0.270 e. The number of nitrogens with one attached hydrogen (secondary N) is 1. The van der Waals surface area contributed by atoms with Crippen LogP contribution in [0.25, 0.3) is 6.08 Å². The standard InChI is InChI=1S/C19H15ClN2O4S/c1-2-26-14-6-4-13(5-7-14)22-18(25)15(17(24)21-19(22)27)10-11-9-12(20)3-8-16(11)23/h3-10,23H,2H2,1H3,(H,21,24,27). The van der Waals surface area contributed by atoms with Gasteiger partial charge < -0.3 is 9.84 Å². The van der Waals surface area contributed by atoms with Gasteiger partial charge in [-0.2, -0.15) is 0 Å². The molecule has 2 aromatic carbocycles. The van der Waals surface area contributed by atoms with Crippen molar-refractivity contribution in [3.8, 4) is 11.5 Å². The number of nitrogens with zero attached hydrogens (tertiary/aromatic N) is 1. The predicted octanol–water partition coefficient (Wildman–Crippen LogP) is 3.28. The lowest BCUT2D eigenvalue weighted by molar-refractivity contribution is -0.122. The highest BCUT2D eigenvalue weighted by Crippen LogP contribution is 2.27. The molecule has 3 rings (SSSR count). The highest BCUT2D eigenvalue weighted by Gasteiger charge is 2.34. The van der Waals surface area contributed by atoms with Crippen LogP contribution in [0.1, 0.15) is 12.5 Å². The number of rotatable bonds is 4. The number of aromatic hydroxyl groups is 1. The van der Waals surface area contributed by atoms with Gasteiger partial charge in [0, 0.05) is 10.6 Å². The summed E-state index contributed by atoms with van der Waals surface area (Å²) in [5.41, 5.74) is 0.560. The first-order valence-corrected chi connectivity index (χ1v) is 8.82. The van der Waals surface area contributed by atoms with Crippen LogP contribution < -0.4 is 15.0 Å². The van der Waals surface area contributed by atoms with E-state index in [1.165, 1.54) is 29.2 Å². The van der Waals surface area contributed by atoms with Crippen LogP contribution in [0.5, 0.6) is 11.5 Å². The van der Waals surface area contributed by atoms with Gasteiger partial charge in [-0.15, -0.1) is 0 Å². The van der Waals surface area contributed by atoms with Gasteiger partial charge in [-0.25, -0.2) is 0 Å². The van der Waals surface area contributed by atoms with E-state index in [0.29, 0.717) is 23.1 Å². The Morgan fingerprint density at radius 2 is 1.93 bits per heavy atom. The highest BCUT2D eigenvalue weighted by molar-refractivity contribution is 7.80. The first-order chi connectivity index (χ1) is 12.9. The second-order valence-electron chi connectivity index (χ2n) is 5.59. The fraction of sp³-hybridized carbons (Fsp3) is 0.105. The molecule has 1 heterocycles. The van der Waals surface area contributed by atoms with Gasteiger partial charge in [0.15, 0.2) is 5.11 Å². The van der Waals surface area contributed by atoms with Gasteiger partial charge in [-0.3, -0.25) is 19.8 Å².